The van der Waals surface area contributed by atoms with Gasteiger partial charge in [0.05, 0.1) is 13.2 Å². The van der Waals surface area contributed by atoms with Gasteiger partial charge >= 0.3 is 11.9 Å². The topological polar surface area (TPSA) is 152 Å². The fraction of sp³-hybridized carbons (Fsp3) is 0.745. The molecule has 0 bridgehead atoms. The van der Waals surface area contributed by atoms with Gasteiger partial charge in [-0.15, -0.1) is 0 Å². The van der Waals surface area contributed by atoms with Crippen LogP contribution < -0.4 is 0 Å². The predicted molar refractivity (Wildman–Crippen MR) is 228 cm³/mol. The van der Waals surface area contributed by atoms with Crippen molar-refractivity contribution in [3.8, 4) is 0 Å². The van der Waals surface area contributed by atoms with Crippen molar-refractivity contribution in [2.75, 3.05) is 19.8 Å². The molecule has 0 amide bonds. The molecule has 10 heteroatoms. The molecule has 0 saturated carbocycles. The molecule has 1 rings (SSSR count). The van der Waals surface area contributed by atoms with Crippen molar-refractivity contribution >= 4 is 11.9 Å². The fourth-order valence-corrected chi connectivity index (χ4v) is 6.29. The van der Waals surface area contributed by atoms with Crippen LogP contribution in [0.25, 0.3) is 0 Å². The monoisotopic (exact) mass is 805 g/mol. The van der Waals surface area contributed by atoms with Crippen molar-refractivity contribution in [3.05, 3.63) is 60.8 Å². The van der Waals surface area contributed by atoms with Crippen molar-refractivity contribution in [1.29, 1.82) is 0 Å². The SMILES string of the molecule is CCCCC/C=C/C/C=C/C/C=C/CCCCC(=O)O[C@@H](COC(=O)CCC/C=C/C/C=C/CCCCCCCCCCC)CO[C@H]1O[C@@H](CO)[C@@H](O)C(O)C1O. The van der Waals surface area contributed by atoms with Crippen LogP contribution in [0.1, 0.15) is 168 Å². The molecule has 1 heterocycles. The summed E-state index contributed by atoms with van der Waals surface area (Å²) in [5.74, 6) is -0.908. The van der Waals surface area contributed by atoms with Gasteiger partial charge in [0.1, 0.15) is 31.0 Å². The van der Waals surface area contributed by atoms with Crippen molar-refractivity contribution in [2.45, 2.75) is 205 Å². The first kappa shape index (κ1) is 52.4. The van der Waals surface area contributed by atoms with Crippen molar-refractivity contribution in [3.63, 3.8) is 0 Å². The Hall–Kier alpha value is -2.60. The summed E-state index contributed by atoms with van der Waals surface area (Å²) in [5.41, 5.74) is 0. The van der Waals surface area contributed by atoms with E-state index in [0.29, 0.717) is 12.8 Å². The molecule has 6 atom stereocenters. The average molecular weight is 805 g/mol. The van der Waals surface area contributed by atoms with Gasteiger partial charge < -0.3 is 39.4 Å². The Morgan fingerprint density at radius 3 is 1.56 bits per heavy atom. The van der Waals surface area contributed by atoms with E-state index in [0.717, 1.165) is 51.4 Å². The molecule has 1 aliphatic rings. The second-order valence-electron chi connectivity index (χ2n) is 15.1. The second kappa shape index (κ2) is 37.7. The third-order valence-electron chi connectivity index (χ3n) is 9.88. The van der Waals surface area contributed by atoms with Gasteiger partial charge in [-0.25, -0.2) is 0 Å². The van der Waals surface area contributed by atoms with E-state index in [-0.39, 0.29) is 26.1 Å². The fourth-order valence-electron chi connectivity index (χ4n) is 6.29. The number of unbranched alkanes of at least 4 members (excludes halogenated alkanes) is 15. The van der Waals surface area contributed by atoms with Gasteiger partial charge in [-0.05, 0) is 77.0 Å². The molecule has 0 aromatic carbocycles. The van der Waals surface area contributed by atoms with Crippen LogP contribution in [0.4, 0.5) is 0 Å². The smallest absolute Gasteiger partial charge is 0.306 e. The van der Waals surface area contributed by atoms with E-state index in [2.05, 4.69) is 74.6 Å². The molecule has 328 valence electrons. The Morgan fingerprint density at radius 1 is 0.544 bits per heavy atom. The maximum Gasteiger partial charge on any atom is 0.306 e. The highest BCUT2D eigenvalue weighted by molar-refractivity contribution is 5.70. The number of carbonyl (C=O) groups is 2. The number of carbonyl (C=O) groups excluding carboxylic acids is 2. The largest absolute Gasteiger partial charge is 0.462 e. The van der Waals surface area contributed by atoms with Crippen LogP contribution in [0.5, 0.6) is 0 Å². The minimum absolute atomic E-state index is 0.170. The Balaban J connectivity index is 2.40. The maximum atomic E-state index is 12.7. The van der Waals surface area contributed by atoms with Crippen LogP contribution in [-0.2, 0) is 28.5 Å². The minimum Gasteiger partial charge on any atom is -0.462 e. The minimum atomic E-state index is -1.61. The van der Waals surface area contributed by atoms with E-state index >= 15 is 0 Å². The van der Waals surface area contributed by atoms with E-state index in [1.807, 2.05) is 0 Å². The molecule has 1 saturated heterocycles. The van der Waals surface area contributed by atoms with Gasteiger partial charge in [0.2, 0.25) is 0 Å². The van der Waals surface area contributed by atoms with Gasteiger partial charge in [-0.3, -0.25) is 9.59 Å². The molecular formula is C47H80O10. The molecular weight excluding hydrogens is 725 g/mol. The lowest BCUT2D eigenvalue weighted by Crippen LogP contribution is -2.59. The summed E-state index contributed by atoms with van der Waals surface area (Å²) in [6.45, 7) is 3.30. The predicted octanol–water partition coefficient (Wildman–Crippen LogP) is 9.44. The number of aliphatic hydroxyl groups excluding tert-OH is 4. The highest BCUT2D eigenvalue weighted by Gasteiger charge is 2.44. The highest BCUT2D eigenvalue weighted by atomic mass is 16.7. The molecule has 0 radical (unpaired) electrons. The van der Waals surface area contributed by atoms with Crippen molar-refractivity contribution in [2.24, 2.45) is 0 Å². The lowest BCUT2D eigenvalue weighted by Gasteiger charge is -2.39. The zero-order valence-corrected chi connectivity index (χ0v) is 35.6. The Kier molecular flexibility index (Phi) is 34.6. The first-order valence-corrected chi connectivity index (χ1v) is 22.4. The van der Waals surface area contributed by atoms with Crippen LogP contribution in [0, 0.1) is 0 Å². The number of hydrogen-bond donors (Lipinski definition) is 4. The number of allylic oxidation sites excluding steroid dienone is 10. The molecule has 2 unspecified atom stereocenters. The van der Waals surface area contributed by atoms with Crippen LogP contribution in [0.3, 0.4) is 0 Å². The maximum absolute atomic E-state index is 12.7. The third kappa shape index (κ3) is 29.3. The van der Waals surface area contributed by atoms with Gasteiger partial charge in [-0.2, -0.15) is 0 Å². The Labute approximate surface area is 345 Å². The first-order valence-electron chi connectivity index (χ1n) is 22.4. The summed E-state index contributed by atoms with van der Waals surface area (Å²) in [6, 6.07) is 0. The summed E-state index contributed by atoms with van der Waals surface area (Å²) in [5, 5.41) is 40.0. The van der Waals surface area contributed by atoms with Crippen molar-refractivity contribution in [1.82, 2.24) is 0 Å². The summed E-state index contributed by atoms with van der Waals surface area (Å²) in [7, 11) is 0. The van der Waals surface area contributed by atoms with Gasteiger partial charge in [0, 0.05) is 12.8 Å². The normalized spacial score (nSPS) is 20.8. The number of rotatable bonds is 36. The number of aliphatic hydroxyl groups is 4. The molecule has 1 fully saturated rings. The summed E-state index contributed by atoms with van der Waals surface area (Å²) in [4.78, 5) is 25.3. The second-order valence-corrected chi connectivity index (χ2v) is 15.1. The van der Waals surface area contributed by atoms with Crippen LogP contribution in [0.2, 0.25) is 0 Å². The quantitative estimate of drug-likeness (QED) is 0.0274. The Morgan fingerprint density at radius 2 is 1.00 bits per heavy atom. The Bertz CT molecular complexity index is 1110. The number of ether oxygens (including phenoxy) is 4. The summed E-state index contributed by atoms with van der Waals surface area (Å²) < 4.78 is 22.0. The van der Waals surface area contributed by atoms with E-state index in [4.69, 9.17) is 18.9 Å². The average Bonchev–Trinajstić information content (AvgIpc) is 3.21. The molecule has 0 spiro atoms. The number of esters is 2. The van der Waals surface area contributed by atoms with Crippen LogP contribution >= 0.6 is 0 Å². The molecule has 0 aliphatic carbocycles. The first-order chi connectivity index (χ1) is 27.8. The lowest BCUT2D eigenvalue weighted by atomic mass is 9.99. The lowest BCUT2D eigenvalue weighted by molar-refractivity contribution is -0.305. The number of hydrogen-bond acceptors (Lipinski definition) is 10. The van der Waals surface area contributed by atoms with Crippen LogP contribution in [0.15, 0.2) is 60.8 Å². The van der Waals surface area contributed by atoms with Gasteiger partial charge in [0.15, 0.2) is 12.4 Å². The molecule has 57 heavy (non-hydrogen) atoms. The molecule has 0 aromatic rings. The van der Waals surface area contributed by atoms with E-state index in [1.165, 1.54) is 77.0 Å². The molecule has 1 aliphatic heterocycles. The third-order valence-corrected chi connectivity index (χ3v) is 9.88. The van der Waals surface area contributed by atoms with E-state index in [9.17, 15) is 30.0 Å². The molecule has 0 aromatic heterocycles. The zero-order valence-electron chi connectivity index (χ0n) is 35.6. The molecule has 4 N–H and O–H groups in total. The highest BCUT2D eigenvalue weighted by Crippen LogP contribution is 2.22. The standard InChI is InChI=1S/C47H80O10/c1-3-5-7-9-11-13-15-17-19-20-22-23-25-27-29-31-33-35-42(49)54-38-40(39-55-47-46(53)45(52)44(51)41(37-48)57-47)56-43(50)36-34-32-30-28-26-24-21-18-16-14-12-10-8-6-4-2/h12,14,18,21-23,26-29,40-41,44-48,51-53H,3-11,13,15-17,19-20,24-25,30-39H2,1-2H3/b14-12+,21-18+,23-22+,28-26+,29-27+/t40-,41-,44+,45?,46?,47-/m0/s1. The zero-order chi connectivity index (χ0) is 41.6. The molecule has 10 nitrogen and oxygen atoms in total. The summed E-state index contributed by atoms with van der Waals surface area (Å²) in [6.07, 6.45) is 38.1. The van der Waals surface area contributed by atoms with E-state index < -0.39 is 55.4 Å². The van der Waals surface area contributed by atoms with E-state index in [1.54, 1.807) is 0 Å². The van der Waals surface area contributed by atoms with Crippen molar-refractivity contribution < 1.29 is 49.0 Å². The van der Waals surface area contributed by atoms with Gasteiger partial charge in [0.25, 0.3) is 0 Å². The summed E-state index contributed by atoms with van der Waals surface area (Å²) >= 11 is 0. The van der Waals surface area contributed by atoms with Crippen LogP contribution in [-0.4, -0.2) is 89.0 Å². The van der Waals surface area contributed by atoms with Gasteiger partial charge in [-0.1, -0.05) is 139 Å².